The number of rotatable bonds is 5. The summed E-state index contributed by atoms with van der Waals surface area (Å²) in [6, 6.07) is 0. The molecule has 4 heteroatoms. The molecule has 0 radical (unpaired) electrons. The third-order valence-electron chi connectivity index (χ3n) is 2.64. The largest absolute Gasteiger partial charge is 0.333 e. The zero-order valence-electron chi connectivity index (χ0n) is 9.74. The van der Waals surface area contributed by atoms with Gasteiger partial charge in [0.25, 0.3) is 0 Å². The van der Waals surface area contributed by atoms with Gasteiger partial charge < -0.3 is 9.80 Å². The van der Waals surface area contributed by atoms with Gasteiger partial charge >= 0.3 is 11.8 Å². The summed E-state index contributed by atoms with van der Waals surface area (Å²) in [5, 5.41) is 0. The van der Waals surface area contributed by atoms with Crippen molar-refractivity contribution in [1.29, 1.82) is 0 Å². The molecular weight excluding hydrogens is 204 g/mol. The van der Waals surface area contributed by atoms with Crippen LogP contribution in [0.4, 0.5) is 0 Å². The minimum absolute atomic E-state index is 0.367. The van der Waals surface area contributed by atoms with Crippen LogP contribution in [0.25, 0.3) is 0 Å². The van der Waals surface area contributed by atoms with Crippen LogP contribution in [0.5, 0.6) is 0 Å². The van der Waals surface area contributed by atoms with Gasteiger partial charge in [-0.1, -0.05) is 6.92 Å². The molecule has 0 N–H and O–H groups in total. The normalized spacial score (nSPS) is 16.5. The zero-order valence-corrected chi connectivity index (χ0v) is 9.74. The molecule has 1 heterocycles. The van der Waals surface area contributed by atoms with Crippen molar-refractivity contribution in [3.63, 3.8) is 0 Å². The fourth-order valence-electron chi connectivity index (χ4n) is 1.78. The number of unbranched alkanes of at least 4 members (excludes halogenated alkanes) is 1. The molecule has 16 heavy (non-hydrogen) atoms. The van der Waals surface area contributed by atoms with Gasteiger partial charge in [0.05, 0.1) is 0 Å². The van der Waals surface area contributed by atoms with E-state index in [1.807, 2.05) is 6.92 Å². The summed E-state index contributed by atoms with van der Waals surface area (Å²) in [6.07, 6.45) is 7.44. The second-order valence-corrected chi connectivity index (χ2v) is 3.89. The van der Waals surface area contributed by atoms with Gasteiger partial charge in [-0.15, -0.1) is 12.3 Å². The summed E-state index contributed by atoms with van der Waals surface area (Å²) >= 11 is 0. The van der Waals surface area contributed by atoms with Crippen molar-refractivity contribution in [2.75, 3.05) is 26.2 Å². The van der Waals surface area contributed by atoms with Crippen LogP contribution >= 0.6 is 0 Å². The topological polar surface area (TPSA) is 40.6 Å². The predicted molar refractivity (Wildman–Crippen MR) is 61.5 cm³/mol. The highest BCUT2D eigenvalue weighted by molar-refractivity contribution is 6.35. The predicted octanol–water partition coefficient (Wildman–Crippen LogP) is 0.481. The maximum absolute atomic E-state index is 11.7. The summed E-state index contributed by atoms with van der Waals surface area (Å²) in [7, 11) is 0. The molecule has 88 valence electrons. The molecule has 0 aromatic carbocycles. The second kappa shape index (κ2) is 6.16. The number of terminal acetylenes is 1. The van der Waals surface area contributed by atoms with E-state index in [1.165, 1.54) is 0 Å². The van der Waals surface area contributed by atoms with Gasteiger partial charge in [0.15, 0.2) is 0 Å². The molecule has 1 aliphatic rings. The first-order chi connectivity index (χ1) is 7.70. The molecule has 1 saturated heterocycles. The van der Waals surface area contributed by atoms with E-state index < -0.39 is 0 Å². The third-order valence-corrected chi connectivity index (χ3v) is 2.64. The lowest BCUT2D eigenvalue weighted by molar-refractivity contribution is -0.156. The van der Waals surface area contributed by atoms with Crippen molar-refractivity contribution < 1.29 is 9.59 Å². The molecule has 0 aromatic rings. The number of hydrogen-bond acceptors (Lipinski definition) is 2. The highest BCUT2D eigenvalue weighted by Gasteiger charge is 2.31. The Morgan fingerprint density at radius 2 is 1.75 bits per heavy atom. The molecule has 4 nitrogen and oxygen atoms in total. The zero-order chi connectivity index (χ0) is 12.0. The molecule has 0 atom stereocenters. The van der Waals surface area contributed by atoms with Crippen molar-refractivity contribution in [2.45, 2.75) is 26.2 Å². The number of carbonyl (C=O) groups is 2. The van der Waals surface area contributed by atoms with Crippen molar-refractivity contribution in [2.24, 2.45) is 0 Å². The first-order valence-corrected chi connectivity index (χ1v) is 5.72. The lowest BCUT2D eigenvalue weighted by Crippen LogP contribution is -2.54. The number of carbonyl (C=O) groups excluding carboxylic acids is 2. The van der Waals surface area contributed by atoms with E-state index in [9.17, 15) is 9.59 Å². The van der Waals surface area contributed by atoms with E-state index in [-0.39, 0.29) is 11.8 Å². The fraction of sp³-hybridized carbons (Fsp3) is 0.667. The highest BCUT2D eigenvalue weighted by atomic mass is 16.2. The van der Waals surface area contributed by atoms with Crippen LogP contribution in [-0.2, 0) is 9.59 Å². The van der Waals surface area contributed by atoms with E-state index in [0.717, 1.165) is 12.8 Å². The van der Waals surface area contributed by atoms with E-state index in [0.29, 0.717) is 32.6 Å². The van der Waals surface area contributed by atoms with Crippen LogP contribution in [0, 0.1) is 12.3 Å². The molecule has 0 spiro atoms. The van der Waals surface area contributed by atoms with Gasteiger partial charge in [-0.05, 0) is 12.8 Å². The quantitative estimate of drug-likeness (QED) is 0.386. The first kappa shape index (κ1) is 12.6. The molecule has 1 fully saturated rings. The van der Waals surface area contributed by atoms with Gasteiger partial charge in [0.1, 0.15) is 0 Å². The highest BCUT2D eigenvalue weighted by Crippen LogP contribution is 2.07. The van der Waals surface area contributed by atoms with Crippen molar-refractivity contribution in [3.05, 3.63) is 0 Å². The summed E-state index contributed by atoms with van der Waals surface area (Å²) in [4.78, 5) is 26.6. The molecule has 0 aromatic heterocycles. The molecule has 2 amide bonds. The Bertz CT molecular complexity index is 307. The van der Waals surface area contributed by atoms with Crippen LogP contribution in [0.1, 0.15) is 26.2 Å². The number of hydrogen-bond donors (Lipinski definition) is 0. The minimum atomic E-state index is -0.378. The van der Waals surface area contributed by atoms with Gasteiger partial charge in [-0.3, -0.25) is 9.59 Å². The van der Waals surface area contributed by atoms with Crippen molar-refractivity contribution >= 4 is 11.8 Å². The van der Waals surface area contributed by atoms with Gasteiger partial charge in [0.2, 0.25) is 0 Å². The average Bonchev–Trinajstić information content (AvgIpc) is 2.28. The lowest BCUT2D eigenvalue weighted by Gasteiger charge is -2.33. The summed E-state index contributed by atoms with van der Waals surface area (Å²) < 4.78 is 0. The standard InChI is InChI=1S/C12H18N2O2/c1-3-5-6-8-14-10-9-13(7-4-2)11(15)12(14)16/h1H,4-10H2,2H3. The second-order valence-electron chi connectivity index (χ2n) is 3.89. The van der Waals surface area contributed by atoms with Crippen molar-refractivity contribution in [3.8, 4) is 12.3 Å². The lowest BCUT2D eigenvalue weighted by atomic mass is 10.2. The van der Waals surface area contributed by atoms with Gasteiger partial charge in [0, 0.05) is 32.6 Å². The molecule has 0 aliphatic carbocycles. The first-order valence-electron chi connectivity index (χ1n) is 5.72. The SMILES string of the molecule is C#CCCCN1CCN(CCC)C(=O)C1=O. The summed E-state index contributed by atoms with van der Waals surface area (Å²) in [5.74, 6) is 1.78. The third kappa shape index (κ3) is 2.99. The minimum Gasteiger partial charge on any atom is -0.333 e. The van der Waals surface area contributed by atoms with Crippen LogP contribution < -0.4 is 0 Å². The van der Waals surface area contributed by atoms with E-state index in [2.05, 4.69) is 5.92 Å². The Hall–Kier alpha value is -1.50. The number of nitrogens with zero attached hydrogens (tertiary/aromatic N) is 2. The van der Waals surface area contributed by atoms with E-state index in [4.69, 9.17) is 6.42 Å². The number of piperazine rings is 1. The van der Waals surface area contributed by atoms with E-state index >= 15 is 0 Å². The van der Waals surface area contributed by atoms with Crippen LogP contribution in [0.15, 0.2) is 0 Å². The van der Waals surface area contributed by atoms with Gasteiger partial charge in [-0.2, -0.15) is 0 Å². The Morgan fingerprint density at radius 1 is 1.19 bits per heavy atom. The van der Waals surface area contributed by atoms with Crippen LogP contribution in [-0.4, -0.2) is 47.8 Å². The van der Waals surface area contributed by atoms with Crippen molar-refractivity contribution in [1.82, 2.24) is 9.80 Å². The number of amides is 2. The molecule has 1 aliphatic heterocycles. The monoisotopic (exact) mass is 222 g/mol. The molecule has 0 unspecified atom stereocenters. The maximum Gasteiger partial charge on any atom is 0.312 e. The Labute approximate surface area is 96.6 Å². The molecule has 0 bridgehead atoms. The summed E-state index contributed by atoms with van der Waals surface area (Å²) in [6.45, 7) is 4.54. The average molecular weight is 222 g/mol. The Morgan fingerprint density at radius 3 is 2.25 bits per heavy atom. The smallest absolute Gasteiger partial charge is 0.312 e. The van der Waals surface area contributed by atoms with Crippen LogP contribution in [0.3, 0.4) is 0 Å². The maximum atomic E-state index is 11.7. The van der Waals surface area contributed by atoms with Gasteiger partial charge in [-0.25, -0.2) is 0 Å². The van der Waals surface area contributed by atoms with Crippen LogP contribution in [0.2, 0.25) is 0 Å². The summed E-state index contributed by atoms with van der Waals surface area (Å²) in [5.41, 5.74) is 0. The fourth-order valence-corrected chi connectivity index (χ4v) is 1.78. The molecular formula is C12H18N2O2. The van der Waals surface area contributed by atoms with E-state index in [1.54, 1.807) is 9.80 Å². The Kier molecular flexibility index (Phi) is 4.84. The molecule has 0 saturated carbocycles. The Balaban J connectivity index is 2.46. The molecule has 1 rings (SSSR count).